The first-order chi connectivity index (χ1) is 17.2. The Morgan fingerprint density at radius 3 is 2.53 bits per heavy atom. The number of halogens is 5. The maximum absolute atomic E-state index is 14.1. The Hall–Kier alpha value is -4.05. The van der Waals surface area contributed by atoms with Gasteiger partial charge in [-0.05, 0) is 47.5 Å². The lowest BCUT2D eigenvalue weighted by Gasteiger charge is -2.12. The van der Waals surface area contributed by atoms with Gasteiger partial charge in [-0.15, -0.1) is 21.8 Å². The van der Waals surface area contributed by atoms with E-state index in [0.29, 0.717) is 28.3 Å². The van der Waals surface area contributed by atoms with Crippen LogP contribution in [0, 0.1) is 5.82 Å². The van der Waals surface area contributed by atoms with Crippen molar-refractivity contribution in [3.63, 3.8) is 0 Å². The summed E-state index contributed by atoms with van der Waals surface area (Å²) in [6.07, 6.45) is -0.268. The van der Waals surface area contributed by atoms with Crippen molar-refractivity contribution in [1.29, 1.82) is 0 Å². The van der Waals surface area contributed by atoms with Gasteiger partial charge in [-0.2, -0.15) is 18.3 Å². The highest BCUT2D eigenvalue weighted by atomic mass is 35.5. The minimum atomic E-state index is -4.59. The molecule has 0 aliphatic rings. The van der Waals surface area contributed by atoms with E-state index in [1.807, 2.05) is 6.07 Å². The quantitative estimate of drug-likeness (QED) is 0.205. The summed E-state index contributed by atoms with van der Waals surface area (Å²) in [5, 5.41) is 12.2. The molecule has 0 atom stereocenters. The third-order valence-corrected chi connectivity index (χ3v) is 5.88. The van der Waals surface area contributed by atoms with E-state index in [9.17, 15) is 17.6 Å². The summed E-state index contributed by atoms with van der Waals surface area (Å²) in [6, 6.07) is 13.8. The molecule has 0 unspecified atom stereocenters. The predicted molar refractivity (Wildman–Crippen MR) is 127 cm³/mol. The fourth-order valence-electron chi connectivity index (χ4n) is 3.91. The normalized spacial score (nSPS) is 11.7. The van der Waals surface area contributed by atoms with Crippen LogP contribution in [0.15, 0.2) is 73.3 Å². The van der Waals surface area contributed by atoms with Crippen LogP contribution in [0.4, 0.5) is 17.6 Å². The molecule has 0 aliphatic heterocycles. The molecule has 0 radical (unpaired) electrons. The Balaban J connectivity index is 1.57. The SMILES string of the molecule is Cn1cnnc1-c1cc(F)ccc1-c1cccc(-n2cc(-c3nc(CCl)ccc3C(F)(F)F)cn2)c1. The van der Waals surface area contributed by atoms with Crippen molar-refractivity contribution in [2.75, 3.05) is 0 Å². The number of benzene rings is 2. The van der Waals surface area contributed by atoms with Crippen LogP contribution in [0.2, 0.25) is 0 Å². The van der Waals surface area contributed by atoms with E-state index in [4.69, 9.17) is 11.6 Å². The lowest BCUT2D eigenvalue weighted by molar-refractivity contribution is -0.137. The van der Waals surface area contributed by atoms with Crippen LogP contribution >= 0.6 is 11.6 Å². The van der Waals surface area contributed by atoms with Crippen LogP contribution in [0.1, 0.15) is 11.3 Å². The van der Waals surface area contributed by atoms with E-state index in [2.05, 4.69) is 20.3 Å². The number of hydrogen-bond donors (Lipinski definition) is 0. The summed E-state index contributed by atoms with van der Waals surface area (Å²) in [5.41, 5.74) is 1.98. The van der Waals surface area contributed by atoms with Crippen LogP contribution in [0.5, 0.6) is 0 Å². The third kappa shape index (κ3) is 4.47. The van der Waals surface area contributed by atoms with Gasteiger partial charge in [0.25, 0.3) is 0 Å². The van der Waals surface area contributed by atoms with Crippen molar-refractivity contribution in [3.8, 4) is 39.5 Å². The van der Waals surface area contributed by atoms with Gasteiger partial charge < -0.3 is 4.57 Å². The maximum Gasteiger partial charge on any atom is 0.418 e. The highest BCUT2D eigenvalue weighted by Gasteiger charge is 2.35. The fourth-order valence-corrected chi connectivity index (χ4v) is 4.05. The monoisotopic (exact) mass is 512 g/mol. The Labute approximate surface area is 207 Å². The molecule has 0 amide bonds. The molecule has 0 aliphatic carbocycles. The van der Waals surface area contributed by atoms with Crippen molar-refractivity contribution in [3.05, 3.63) is 90.4 Å². The van der Waals surface area contributed by atoms with Gasteiger partial charge in [-0.3, -0.25) is 4.98 Å². The number of nitrogens with zero attached hydrogens (tertiary/aromatic N) is 6. The molecule has 0 saturated carbocycles. The highest BCUT2D eigenvalue weighted by Crippen LogP contribution is 2.37. The zero-order valence-corrected chi connectivity index (χ0v) is 19.5. The number of aromatic nitrogens is 6. The molecule has 0 saturated heterocycles. The van der Waals surface area contributed by atoms with Gasteiger partial charge in [0.1, 0.15) is 12.1 Å². The average Bonchev–Trinajstić information content (AvgIpc) is 3.52. The Bertz CT molecular complexity index is 1560. The van der Waals surface area contributed by atoms with Crippen LogP contribution in [0.25, 0.3) is 39.5 Å². The third-order valence-electron chi connectivity index (χ3n) is 5.61. The molecule has 182 valence electrons. The largest absolute Gasteiger partial charge is 0.418 e. The summed E-state index contributed by atoms with van der Waals surface area (Å²) >= 11 is 5.80. The summed E-state index contributed by atoms with van der Waals surface area (Å²) in [4.78, 5) is 4.10. The minimum Gasteiger partial charge on any atom is -0.317 e. The molecule has 3 aromatic heterocycles. The lowest BCUT2D eigenvalue weighted by Crippen LogP contribution is -2.09. The van der Waals surface area contributed by atoms with Crippen LogP contribution in [-0.2, 0) is 19.1 Å². The van der Waals surface area contributed by atoms with Crippen molar-refractivity contribution >= 4 is 11.6 Å². The number of aryl methyl sites for hydroxylation is 1. The Kier molecular flexibility index (Phi) is 6.05. The van der Waals surface area contributed by atoms with Crippen LogP contribution < -0.4 is 0 Å². The highest BCUT2D eigenvalue weighted by molar-refractivity contribution is 6.16. The molecule has 0 spiro atoms. The molecule has 6 nitrogen and oxygen atoms in total. The van der Waals surface area contributed by atoms with Crippen LogP contribution in [0.3, 0.4) is 0 Å². The summed E-state index contributed by atoms with van der Waals surface area (Å²) in [6.45, 7) is 0. The van der Waals surface area contributed by atoms with E-state index < -0.39 is 17.6 Å². The predicted octanol–water partition coefficient (Wildman–Crippen LogP) is 6.29. The second kappa shape index (κ2) is 9.19. The second-order valence-electron chi connectivity index (χ2n) is 8.01. The average molecular weight is 513 g/mol. The van der Waals surface area contributed by atoms with Crippen molar-refractivity contribution < 1.29 is 17.6 Å². The number of pyridine rings is 1. The molecule has 5 aromatic rings. The smallest absolute Gasteiger partial charge is 0.317 e. The second-order valence-corrected chi connectivity index (χ2v) is 8.28. The summed E-state index contributed by atoms with van der Waals surface area (Å²) in [5.74, 6) is 0.0466. The molecule has 0 N–H and O–H groups in total. The zero-order valence-electron chi connectivity index (χ0n) is 18.7. The van der Waals surface area contributed by atoms with Gasteiger partial charge in [0.05, 0.1) is 34.7 Å². The maximum atomic E-state index is 14.1. The van der Waals surface area contributed by atoms with Crippen molar-refractivity contribution in [2.24, 2.45) is 7.05 Å². The van der Waals surface area contributed by atoms with Crippen molar-refractivity contribution in [2.45, 2.75) is 12.1 Å². The molecule has 11 heteroatoms. The molecule has 0 bridgehead atoms. The van der Waals surface area contributed by atoms with Crippen molar-refractivity contribution in [1.82, 2.24) is 29.5 Å². The Morgan fingerprint density at radius 1 is 0.972 bits per heavy atom. The van der Waals surface area contributed by atoms with Crippen LogP contribution in [-0.4, -0.2) is 29.5 Å². The Morgan fingerprint density at radius 2 is 1.81 bits per heavy atom. The minimum absolute atomic E-state index is 0.0210. The standard InChI is InChI=1S/C25H17ClF4N6/c1-35-14-31-34-24(35)21-10-17(27)5-7-20(21)15-3-2-4-19(9-15)36-13-16(12-32-36)23-22(25(28,29)30)8-6-18(11-26)33-23/h2-10,12-14H,11H2,1H3. The topological polar surface area (TPSA) is 61.4 Å². The molecular weight excluding hydrogens is 496 g/mol. The first-order valence-electron chi connectivity index (χ1n) is 10.7. The molecular formula is C25H17ClF4N6. The number of rotatable bonds is 5. The van der Waals surface area contributed by atoms with Gasteiger partial charge >= 0.3 is 6.18 Å². The summed E-state index contributed by atoms with van der Waals surface area (Å²) < 4.78 is 58.1. The molecule has 3 heterocycles. The molecule has 5 rings (SSSR count). The van der Waals surface area contributed by atoms with Gasteiger partial charge in [0.15, 0.2) is 5.82 Å². The zero-order chi connectivity index (χ0) is 25.4. The van der Waals surface area contributed by atoms with Gasteiger partial charge in [-0.1, -0.05) is 18.2 Å². The molecule has 2 aromatic carbocycles. The summed E-state index contributed by atoms with van der Waals surface area (Å²) in [7, 11) is 1.76. The lowest BCUT2D eigenvalue weighted by atomic mass is 9.98. The van der Waals surface area contributed by atoms with E-state index in [1.54, 1.807) is 35.9 Å². The van der Waals surface area contributed by atoms with Gasteiger partial charge in [-0.25, -0.2) is 9.07 Å². The van der Waals surface area contributed by atoms with E-state index in [1.165, 1.54) is 41.6 Å². The molecule has 36 heavy (non-hydrogen) atoms. The number of alkyl halides is 4. The first-order valence-corrected chi connectivity index (χ1v) is 11.2. The number of hydrogen-bond acceptors (Lipinski definition) is 4. The van der Waals surface area contributed by atoms with E-state index >= 15 is 0 Å². The van der Waals surface area contributed by atoms with Gasteiger partial charge in [0.2, 0.25) is 0 Å². The fraction of sp³-hybridized carbons (Fsp3) is 0.120. The first kappa shape index (κ1) is 23.7. The van der Waals surface area contributed by atoms with Gasteiger partial charge in [0, 0.05) is 24.4 Å². The molecule has 0 fully saturated rings. The van der Waals surface area contributed by atoms with E-state index in [-0.39, 0.29) is 17.1 Å². The van der Waals surface area contributed by atoms with E-state index in [0.717, 1.165) is 11.6 Å².